The van der Waals surface area contributed by atoms with Gasteiger partial charge in [0.2, 0.25) is 5.89 Å². The molecule has 0 bridgehead atoms. The Morgan fingerprint density at radius 1 is 1.27 bits per heavy atom. The molecule has 1 heterocycles. The number of rotatable bonds is 2. The van der Waals surface area contributed by atoms with E-state index in [-0.39, 0.29) is 5.78 Å². The van der Waals surface area contributed by atoms with Crippen LogP contribution in [-0.2, 0) is 0 Å². The Hall–Kier alpha value is -1.90. The summed E-state index contributed by atoms with van der Waals surface area (Å²) in [4.78, 5) is 15.4. The van der Waals surface area contributed by atoms with E-state index in [1.165, 1.54) is 6.92 Å². The fourth-order valence-electron chi connectivity index (χ4n) is 1.43. The molecule has 3 heteroatoms. The molecule has 15 heavy (non-hydrogen) atoms. The monoisotopic (exact) mass is 201 g/mol. The van der Waals surface area contributed by atoms with Gasteiger partial charge in [-0.1, -0.05) is 18.2 Å². The van der Waals surface area contributed by atoms with Crippen molar-refractivity contribution >= 4 is 5.78 Å². The highest BCUT2D eigenvalue weighted by atomic mass is 16.4. The maximum atomic E-state index is 11.2. The number of carbonyl (C=O) groups is 1. The molecule has 0 amide bonds. The van der Waals surface area contributed by atoms with Crippen molar-refractivity contribution in [2.24, 2.45) is 0 Å². The number of aryl methyl sites for hydroxylation is 1. The molecule has 0 aliphatic rings. The molecule has 0 saturated carbocycles. The minimum absolute atomic E-state index is 0.0952. The third-order valence-corrected chi connectivity index (χ3v) is 2.14. The van der Waals surface area contributed by atoms with Crippen LogP contribution < -0.4 is 0 Å². The Bertz CT molecular complexity index is 486. The van der Waals surface area contributed by atoms with Gasteiger partial charge in [-0.15, -0.1) is 0 Å². The maximum Gasteiger partial charge on any atom is 0.227 e. The molecule has 0 N–H and O–H groups in total. The van der Waals surface area contributed by atoms with E-state index in [4.69, 9.17) is 4.42 Å². The van der Waals surface area contributed by atoms with Crippen molar-refractivity contribution in [3.8, 4) is 11.5 Å². The summed E-state index contributed by atoms with van der Waals surface area (Å²) in [5, 5.41) is 0. The van der Waals surface area contributed by atoms with Crippen LogP contribution in [-0.4, -0.2) is 10.8 Å². The highest BCUT2D eigenvalue weighted by Gasteiger charge is 2.14. The second-order valence-electron chi connectivity index (χ2n) is 3.36. The minimum Gasteiger partial charge on any atom is -0.433 e. The Morgan fingerprint density at radius 2 is 1.93 bits per heavy atom. The van der Waals surface area contributed by atoms with Crippen molar-refractivity contribution in [3.63, 3.8) is 0 Å². The first kappa shape index (κ1) is 9.65. The second-order valence-corrected chi connectivity index (χ2v) is 3.36. The second kappa shape index (κ2) is 3.69. The van der Waals surface area contributed by atoms with E-state index >= 15 is 0 Å². The van der Waals surface area contributed by atoms with E-state index in [9.17, 15) is 4.79 Å². The Morgan fingerprint density at radius 3 is 2.47 bits per heavy atom. The third kappa shape index (κ3) is 1.81. The summed E-state index contributed by atoms with van der Waals surface area (Å²) >= 11 is 0. The number of ketones is 1. The molecule has 0 saturated heterocycles. The van der Waals surface area contributed by atoms with Gasteiger partial charge in [0, 0.05) is 12.5 Å². The highest BCUT2D eigenvalue weighted by molar-refractivity contribution is 5.92. The van der Waals surface area contributed by atoms with Gasteiger partial charge in [0.1, 0.15) is 0 Å². The highest BCUT2D eigenvalue weighted by Crippen LogP contribution is 2.21. The molecule has 0 aliphatic heterocycles. The van der Waals surface area contributed by atoms with Crippen molar-refractivity contribution in [1.29, 1.82) is 0 Å². The van der Waals surface area contributed by atoms with Crippen LogP contribution in [0, 0.1) is 6.92 Å². The molecule has 3 nitrogen and oxygen atoms in total. The van der Waals surface area contributed by atoms with Crippen molar-refractivity contribution in [2.75, 3.05) is 0 Å². The molecule has 0 unspecified atom stereocenters. The lowest BCUT2D eigenvalue weighted by Gasteiger charge is -1.92. The van der Waals surface area contributed by atoms with Gasteiger partial charge in [-0.3, -0.25) is 4.79 Å². The van der Waals surface area contributed by atoms with Crippen LogP contribution in [0.5, 0.6) is 0 Å². The zero-order valence-corrected chi connectivity index (χ0v) is 8.65. The average Bonchev–Trinajstić information content (AvgIpc) is 2.62. The molecule has 1 aromatic carbocycles. The first-order valence-corrected chi connectivity index (χ1v) is 4.72. The summed E-state index contributed by atoms with van der Waals surface area (Å²) in [6.45, 7) is 3.24. The van der Waals surface area contributed by atoms with E-state index in [2.05, 4.69) is 4.98 Å². The standard InChI is InChI=1S/C12H11NO2/c1-8-11(9(2)14)15-12(13-8)10-6-4-3-5-7-10/h3-7H,1-2H3. The van der Waals surface area contributed by atoms with E-state index in [1.807, 2.05) is 30.3 Å². The Kier molecular flexibility index (Phi) is 2.37. The van der Waals surface area contributed by atoms with Crippen LogP contribution in [0.4, 0.5) is 0 Å². The topological polar surface area (TPSA) is 43.1 Å². The molecule has 0 radical (unpaired) electrons. The first-order chi connectivity index (χ1) is 7.18. The molecule has 0 fully saturated rings. The summed E-state index contributed by atoms with van der Waals surface area (Å²) < 4.78 is 5.40. The third-order valence-electron chi connectivity index (χ3n) is 2.14. The van der Waals surface area contributed by atoms with E-state index in [0.717, 1.165) is 5.56 Å². The van der Waals surface area contributed by atoms with Crippen LogP contribution in [0.2, 0.25) is 0 Å². The van der Waals surface area contributed by atoms with Gasteiger partial charge in [0.25, 0.3) is 0 Å². The van der Waals surface area contributed by atoms with Crippen LogP contribution in [0.3, 0.4) is 0 Å². The number of hydrogen-bond acceptors (Lipinski definition) is 3. The predicted octanol–water partition coefficient (Wildman–Crippen LogP) is 2.85. The molecular formula is C12H11NO2. The lowest BCUT2D eigenvalue weighted by atomic mass is 10.2. The number of Topliss-reactive ketones (excluding diaryl/α,β-unsaturated/α-hetero) is 1. The summed E-state index contributed by atoms with van der Waals surface area (Å²) in [6, 6.07) is 9.53. The molecule has 0 atom stereocenters. The first-order valence-electron chi connectivity index (χ1n) is 4.72. The van der Waals surface area contributed by atoms with Gasteiger partial charge in [-0.05, 0) is 19.1 Å². The number of hydrogen-bond donors (Lipinski definition) is 0. The van der Waals surface area contributed by atoms with E-state index in [1.54, 1.807) is 6.92 Å². The van der Waals surface area contributed by atoms with Gasteiger partial charge in [0.15, 0.2) is 11.5 Å². The zero-order valence-electron chi connectivity index (χ0n) is 8.65. The van der Waals surface area contributed by atoms with Crippen LogP contribution in [0.15, 0.2) is 34.7 Å². The number of carbonyl (C=O) groups excluding carboxylic acids is 1. The summed E-state index contributed by atoms with van der Waals surface area (Å²) in [5.41, 5.74) is 1.52. The van der Waals surface area contributed by atoms with Crippen LogP contribution >= 0.6 is 0 Å². The number of aromatic nitrogens is 1. The molecular weight excluding hydrogens is 190 g/mol. The van der Waals surface area contributed by atoms with Gasteiger partial charge in [0.05, 0.1) is 5.69 Å². The predicted molar refractivity (Wildman–Crippen MR) is 56.7 cm³/mol. The Balaban J connectivity index is 2.48. The number of benzene rings is 1. The fourth-order valence-corrected chi connectivity index (χ4v) is 1.43. The smallest absolute Gasteiger partial charge is 0.227 e. The lowest BCUT2D eigenvalue weighted by Crippen LogP contribution is -1.90. The van der Waals surface area contributed by atoms with Crippen LogP contribution in [0.1, 0.15) is 23.2 Å². The summed E-state index contributed by atoms with van der Waals surface area (Å²) in [5.74, 6) is 0.745. The molecule has 2 aromatic rings. The van der Waals surface area contributed by atoms with Crippen molar-refractivity contribution in [3.05, 3.63) is 41.8 Å². The lowest BCUT2D eigenvalue weighted by molar-refractivity contribution is 0.0987. The zero-order chi connectivity index (χ0) is 10.8. The van der Waals surface area contributed by atoms with Crippen molar-refractivity contribution < 1.29 is 9.21 Å². The minimum atomic E-state index is -0.0952. The van der Waals surface area contributed by atoms with Crippen molar-refractivity contribution in [2.45, 2.75) is 13.8 Å². The quantitative estimate of drug-likeness (QED) is 0.701. The van der Waals surface area contributed by atoms with Gasteiger partial charge < -0.3 is 4.42 Å². The van der Waals surface area contributed by atoms with Crippen molar-refractivity contribution in [1.82, 2.24) is 4.98 Å². The molecule has 0 spiro atoms. The van der Waals surface area contributed by atoms with Gasteiger partial charge >= 0.3 is 0 Å². The largest absolute Gasteiger partial charge is 0.433 e. The maximum absolute atomic E-state index is 11.2. The SMILES string of the molecule is CC(=O)c1oc(-c2ccccc2)nc1C. The fraction of sp³-hybridized carbons (Fsp3) is 0.167. The summed E-state index contributed by atoms with van der Waals surface area (Å²) in [7, 11) is 0. The van der Waals surface area contributed by atoms with E-state index < -0.39 is 0 Å². The summed E-state index contributed by atoms with van der Waals surface area (Å²) in [6.07, 6.45) is 0. The van der Waals surface area contributed by atoms with Crippen LogP contribution in [0.25, 0.3) is 11.5 Å². The van der Waals surface area contributed by atoms with Gasteiger partial charge in [-0.2, -0.15) is 0 Å². The number of oxazole rings is 1. The molecule has 0 aliphatic carbocycles. The Labute approximate surface area is 87.8 Å². The van der Waals surface area contributed by atoms with E-state index in [0.29, 0.717) is 17.3 Å². The average molecular weight is 201 g/mol. The number of nitrogens with zero attached hydrogens (tertiary/aromatic N) is 1. The molecule has 76 valence electrons. The molecule has 2 rings (SSSR count). The normalized spacial score (nSPS) is 10.3. The molecule has 1 aromatic heterocycles. The van der Waals surface area contributed by atoms with Gasteiger partial charge in [-0.25, -0.2) is 4.98 Å².